The van der Waals surface area contributed by atoms with Crippen LogP contribution in [0.25, 0.3) is 0 Å². The summed E-state index contributed by atoms with van der Waals surface area (Å²) in [4.78, 5) is 2.53. The molecule has 2 aliphatic rings. The maximum Gasteiger partial charge on any atom is 0.0469 e. The maximum atomic E-state index is 5.94. The highest BCUT2D eigenvalue weighted by Crippen LogP contribution is 2.33. The zero-order valence-corrected chi connectivity index (χ0v) is 10.8. The van der Waals surface area contributed by atoms with Crippen molar-refractivity contribution in [1.29, 1.82) is 0 Å². The molecule has 0 saturated carbocycles. The van der Waals surface area contributed by atoms with Crippen LogP contribution < -0.4 is 10.6 Å². The van der Waals surface area contributed by atoms with Gasteiger partial charge in [-0.05, 0) is 36.8 Å². The van der Waals surface area contributed by atoms with E-state index in [2.05, 4.69) is 29.2 Å². The van der Waals surface area contributed by atoms with E-state index < -0.39 is 0 Å². The summed E-state index contributed by atoms with van der Waals surface area (Å²) in [5, 5.41) is 0. The Bertz CT molecular complexity index is 401. The van der Waals surface area contributed by atoms with E-state index in [1.807, 2.05) is 0 Å². The van der Waals surface area contributed by atoms with Gasteiger partial charge in [-0.3, -0.25) is 0 Å². The van der Waals surface area contributed by atoms with Gasteiger partial charge in [0, 0.05) is 38.0 Å². The Morgan fingerprint density at radius 3 is 2.78 bits per heavy atom. The summed E-state index contributed by atoms with van der Waals surface area (Å²) >= 11 is 0. The van der Waals surface area contributed by atoms with Gasteiger partial charge in [-0.25, -0.2) is 0 Å². The van der Waals surface area contributed by atoms with Crippen LogP contribution in [0.5, 0.6) is 0 Å². The Hall–Kier alpha value is -1.06. The first kappa shape index (κ1) is 12.0. The molecular weight excluding hydrogens is 224 g/mol. The fourth-order valence-electron chi connectivity index (χ4n) is 3.19. The molecule has 1 unspecified atom stereocenters. The number of rotatable bonds is 3. The van der Waals surface area contributed by atoms with Gasteiger partial charge in [-0.15, -0.1) is 0 Å². The van der Waals surface area contributed by atoms with Crippen molar-refractivity contribution in [2.24, 2.45) is 11.7 Å². The summed E-state index contributed by atoms with van der Waals surface area (Å²) in [6.07, 6.45) is 3.49. The van der Waals surface area contributed by atoms with E-state index in [0.29, 0.717) is 6.04 Å². The lowest BCUT2D eigenvalue weighted by molar-refractivity contribution is 0.0679. The van der Waals surface area contributed by atoms with Gasteiger partial charge in [-0.2, -0.15) is 0 Å². The third-order valence-electron chi connectivity index (χ3n) is 4.27. The van der Waals surface area contributed by atoms with E-state index in [1.54, 1.807) is 0 Å². The van der Waals surface area contributed by atoms with Crippen molar-refractivity contribution in [3.05, 3.63) is 29.8 Å². The van der Waals surface area contributed by atoms with E-state index in [-0.39, 0.29) is 0 Å². The van der Waals surface area contributed by atoms with Crippen LogP contribution in [0.15, 0.2) is 24.3 Å². The summed E-state index contributed by atoms with van der Waals surface area (Å²) in [6.45, 7) is 3.74. The average Bonchev–Trinajstić information content (AvgIpc) is 2.78. The fraction of sp³-hybridized carbons (Fsp3) is 0.600. The van der Waals surface area contributed by atoms with E-state index >= 15 is 0 Å². The molecule has 0 aromatic heterocycles. The van der Waals surface area contributed by atoms with Gasteiger partial charge in [0.1, 0.15) is 0 Å². The molecule has 3 heteroatoms. The lowest BCUT2D eigenvalue weighted by atomic mass is 9.99. The first-order chi connectivity index (χ1) is 8.88. The molecule has 3 nitrogen and oxygen atoms in total. The molecule has 3 rings (SSSR count). The van der Waals surface area contributed by atoms with Gasteiger partial charge < -0.3 is 15.4 Å². The van der Waals surface area contributed by atoms with E-state index in [0.717, 1.165) is 38.6 Å². The maximum absolute atomic E-state index is 5.94. The van der Waals surface area contributed by atoms with Crippen LogP contribution in [0.1, 0.15) is 18.4 Å². The molecule has 98 valence electrons. The minimum absolute atomic E-state index is 0.491. The third-order valence-corrected chi connectivity index (χ3v) is 4.27. The molecule has 0 spiro atoms. The number of benzene rings is 1. The van der Waals surface area contributed by atoms with Gasteiger partial charge in [0.05, 0.1) is 0 Å². The molecule has 2 aliphatic heterocycles. The van der Waals surface area contributed by atoms with Crippen molar-refractivity contribution in [1.82, 2.24) is 0 Å². The smallest absolute Gasteiger partial charge is 0.0469 e. The Balaban J connectivity index is 1.76. The first-order valence-electron chi connectivity index (χ1n) is 7.01. The second-order valence-corrected chi connectivity index (χ2v) is 5.43. The van der Waals surface area contributed by atoms with Crippen LogP contribution in [-0.2, 0) is 11.2 Å². The molecule has 2 heterocycles. The number of anilines is 1. The average molecular weight is 246 g/mol. The molecule has 1 atom stereocenters. The lowest BCUT2D eigenvalue weighted by Crippen LogP contribution is -2.41. The minimum Gasteiger partial charge on any atom is -0.381 e. The summed E-state index contributed by atoms with van der Waals surface area (Å²) in [5.41, 5.74) is 8.80. The highest BCUT2D eigenvalue weighted by molar-refractivity contribution is 5.59. The predicted molar refractivity (Wildman–Crippen MR) is 73.9 cm³/mol. The Morgan fingerprint density at radius 2 is 2.00 bits per heavy atom. The number of nitrogens with zero attached hydrogens (tertiary/aromatic N) is 1. The SMILES string of the molecule is NCC1Cc2ccccc2N1CC1CCOCC1. The first-order valence-corrected chi connectivity index (χ1v) is 7.01. The standard InChI is InChI=1S/C15H22N2O/c16-10-14-9-13-3-1-2-4-15(13)17(14)11-12-5-7-18-8-6-12/h1-4,12,14H,5-11,16H2. The van der Waals surface area contributed by atoms with Crippen LogP contribution in [0, 0.1) is 5.92 Å². The normalized spacial score (nSPS) is 24.3. The number of fused-ring (bicyclic) bond motifs is 1. The summed E-state index contributed by atoms with van der Waals surface area (Å²) in [6, 6.07) is 9.23. The van der Waals surface area contributed by atoms with Crippen LogP contribution in [0.3, 0.4) is 0 Å². The second kappa shape index (κ2) is 5.29. The molecule has 0 bridgehead atoms. The van der Waals surface area contributed by atoms with E-state index in [4.69, 9.17) is 10.5 Å². The quantitative estimate of drug-likeness (QED) is 0.884. The van der Waals surface area contributed by atoms with Crippen LogP contribution in [-0.4, -0.2) is 32.3 Å². The lowest BCUT2D eigenvalue weighted by Gasteiger charge is -2.32. The molecule has 0 amide bonds. The van der Waals surface area contributed by atoms with Crippen molar-refractivity contribution in [2.45, 2.75) is 25.3 Å². The second-order valence-electron chi connectivity index (χ2n) is 5.43. The largest absolute Gasteiger partial charge is 0.381 e. The van der Waals surface area contributed by atoms with Crippen LogP contribution in [0.4, 0.5) is 5.69 Å². The summed E-state index contributed by atoms with van der Waals surface area (Å²) < 4.78 is 5.44. The number of hydrogen-bond donors (Lipinski definition) is 1. The molecule has 1 fully saturated rings. The molecule has 0 radical (unpaired) electrons. The molecular formula is C15H22N2O. The van der Waals surface area contributed by atoms with Gasteiger partial charge in [-0.1, -0.05) is 18.2 Å². The minimum atomic E-state index is 0.491. The van der Waals surface area contributed by atoms with Crippen LogP contribution in [0.2, 0.25) is 0 Å². The van der Waals surface area contributed by atoms with Crippen molar-refractivity contribution >= 4 is 5.69 Å². The molecule has 2 N–H and O–H groups in total. The number of ether oxygens (including phenoxy) is 1. The number of nitrogens with two attached hydrogens (primary N) is 1. The fourth-order valence-corrected chi connectivity index (χ4v) is 3.19. The van der Waals surface area contributed by atoms with Crippen molar-refractivity contribution in [3.63, 3.8) is 0 Å². The highest BCUT2D eigenvalue weighted by Gasteiger charge is 2.30. The van der Waals surface area contributed by atoms with Gasteiger partial charge in [0.25, 0.3) is 0 Å². The van der Waals surface area contributed by atoms with Gasteiger partial charge in [0.2, 0.25) is 0 Å². The summed E-state index contributed by atoms with van der Waals surface area (Å²) in [5.74, 6) is 0.763. The molecule has 1 aromatic carbocycles. The highest BCUT2D eigenvalue weighted by atomic mass is 16.5. The Labute approximate surface area is 109 Å². The Morgan fingerprint density at radius 1 is 1.22 bits per heavy atom. The predicted octanol–water partition coefficient (Wildman–Crippen LogP) is 1.80. The van der Waals surface area contributed by atoms with Gasteiger partial charge in [0.15, 0.2) is 0 Å². The zero-order chi connectivity index (χ0) is 12.4. The van der Waals surface area contributed by atoms with Gasteiger partial charge >= 0.3 is 0 Å². The zero-order valence-electron chi connectivity index (χ0n) is 10.8. The topological polar surface area (TPSA) is 38.5 Å². The molecule has 1 saturated heterocycles. The Kier molecular flexibility index (Phi) is 3.52. The molecule has 0 aliphatic carbocycles. The number of para-hydroxylation sites is 1. The van der Waals surface area contributed by atoms with Crippen molar-refractivity contribution < 1.29 is 4.74 Å². The van der Waals surface area contributed by atoms with Crippen molar-refractivity contribution in [2.75, 3.05) is 31.2 Å². The van der Waals surface area contributed by atoms with Crippen molar-refractivity contribution in [3.8, 4) is 0 Å². The monoisotopic (exact) mass is 246 g/mol. The van der Waals surface area contributed by atoms with E-state index in [9.17, 15) is 0 Å². The number of hydrogen-bond acceptors (Lipinski definition) is 3. The molecule has 1 aromatic rings. The van der Waals surface area contributed by atoms with Crippen LogP contribution >= 0.6 is 0 Å². The van der Waals surface area contributed by atoms with E-state index in [1.165, 1.54) is 24.1 Å². The molecule has 18 heavy (non-hydrogen) atoms. The summed E-state index contributed by atoms with van der Waals surface area (Å²) in [7, 11) is 0. The third kappa shape index (κ3) is 2.25.